The van der Waals surface area contributed by atoms with Crippen LogP contribution in [0.5, 0.6) is 0 Å². The van der Waals surface area contributed by atoms with Gasteiger partial charge in [-0.3, -0.25) is 0 Å². The average Bonchev–Trinajstić information content (AvgIpc) is 2.65. The van der Waals surface area contributed by atoms with E-state index in [2.05, 4.69) is 71.8 Å². The Hall–Kier alpha value is -2.16. The minimum Gasteiger partial charge on any atom is -0.308 e. The minimum atomic E-state index is 0.577. The minimum absolute atomic E-state index is 0.577. The zero-order valence-electron chi connectivity index (χ0n) is 14.5. The molecule has 2 nitrogen and oxygen atoms in total. The smallest absolute Gasteiger partial charge is 0.133 e. The topological polar surface area (TPSA) is 24.9 Å². The van der Waals surface area contributed by atoms with Gasteiger partial charge in [0.2, 0.25) is 0 Å². The van der Waals surface area contributed by atoms with Crippen LogP contribution < -0.4 is 5.32 Å². The molecule has 0 amide bonds. The number of aromatic nitrogens is 1. The molecule has 0 unspecified atom stereocenters. The van der Waals surface area contributed by atoms with Gasteiger partial charge in [0.1, 0.15) is 5.15 Å². The predicted octanol–water partition coefficient (Wildman–Crippen LogP) is 5.18. The number of benzene rings is 2. The molecule has 0 spiro atoms. The van der Waals surface area contributed by atoms with Crippen LogP contribution in [0.3, 0.4) is 0 Å². The van der Waals surface area contributed by atoms with Crippen molar-refractivity contribution < 1.29 is 0 Å². The molecule has 0 saturated heterocycles. The Morgan fingerprint density at radius 2 is 1.52 bits per heavy atom. The van der Waals surface area contributed by atoms with Crippen molar-refractivity contribution in [2.24, 2.45) is 0 Å². The van der Waals surface area contributed by atoms with Crippen molar-refractivity contribution in [3.8, 4) is 0 Å². The molecule has 0 saturated carbocycles. The van der Waals surface area contributed by atoms with E-state index in [9.17, 15) is 0 Å². The molecule has 1 N–H and O–H groups in total. The maximum atomic E-state index is 6.29. The highest BCUT2D eigenvalue weighted by molar-refractivity contribution is 6.30. The summed E-state index contributed by atoms with van der Waals surface area (Å²) in [6, 6.07) is 21.1. The van der Waals surface area contributed by atoms with Crippen molar-refractivity contribution in [3.63, 3.8) is 0 Å². The maximum absolute atomic E-state index is 6.29. The molecule has 0 atom stereocenters. The maximum Gasteiger partial charge on any atom is 0.133 e. The summed E-state index contributed by atoms with van der Waals surface area (Å²) in [6.07, 6.45) is 3.79. The normalized spacial score (nSPS) is 10.8. The Morgan fingerprint density at radius 1 is 0.840 bits per heavy atom. The lowest BCUT2D eigenvalue weighted by atomic mass is 10.0. The molecule has 0 fully saturated rings. The molecule has 128 valence electrons. The van der Waals surface area contributed by atoms with E-state index in [0.29, 0.717) is 11.7 Å². The standard InChI is InChI=1S/C22H23ClN2/c1-2-19-10-6-7-11-20(19)15-24-16-21-13-18(14-25-22(21)23)12-17-8-4-3-5-9-17/h3-11,13-14,24H,2,12,15-16H2,1H3. The SMILES string of the molecule is CCc1ccccc1CNCc1cc(Cc2ccccc2)cnc1Cl. The summed E-state index contributed by atoms with van der Waals surface area (Å²) < 4.78 is 0. The van der Waals surface area contributed by atoms with E-state index in [4.69, 9.17) is 11.6 Å². The van der Waals surface area contributed by atoms with Crippen LogP contribution in [-0.2, 0) is 25.9 Å². The molecule has 1 aromatic heterocycles. The van der Waals surface area contributed by atoms with Crippen LogP contribution in [-0.4, -0.2) is 4.98 Å². The number of rotatable bonds is 7. The summed E-state index contributed by atoms with van der Waals surface area (Å²) in [5, 5.41) is 4.08. The third-order valence-corrected chi connectivity index (χ3v) is 4.69. The highest BCUT2D eigenvalue weighted by Crippen LogP contribution is 2.17. The summed E-state index contributed by atoms with van der Waals surface area (Å²) in [5.74, 6) is 0. The van der Waals surface area contributed by atoms with Gasteiger partial charge in [-0.1, -0.05) is 73.1 Å². The van der Waals surface area contributed by atoms with Crippen molar-refractivity contribution >= 4 is 11.6 Å². The van der Waals surface area contributed by atoms with Crippen LogP contribution >= 0.6 is 11.6 Å². The van der Waals surface area contributed by atoms with Gasteiger partial charge < -0.3 is 5.32 Å². The van der Waals surface area contributed by atoms with Gasteiger partial charge >= 0.3 is 0 Å². The molecular weight excluding hydrogens is 328 g/mol. The molecule has 0 bridgehead atoms. The second-order valence-electron chi connectivity index (χ2n) is 6.18. The number of pyridine rings is 1. The number of nitrogens with zero attached hydrogens (tertiary/aromatic N) is 1. The van der Waals surface area contributed by atoms with E-state index in [-0.39, 0.29) is 0 Å². The second-order valence-corrected chi connectivity index (χ2v) is 6.54. The molecule has 2 aromatic carbocycles. The second kappa shape index (κ2) is 8.80. The summed E-state index contributed by atoms with van der Waals surface area (Å²) in [6.45, 7) is 3.74. The summed E-state index contributed by atoms with van der Waals surface area (Å²) in [7, 11) is 0. The predicted molar refractivity (Wildman–Crippen MR) is 105 cm³/mol. The van der Waals surface area contributed by atoms with Gasteiger partial charge in [-0.15, -0.1) is 0 Å². The van der Waals surface area contributed by atoms with E-state index in [1.165, 1.54) is 22.3 Å². The average molecular weight is 351 g/mol. The number of hydrogen-bond donors (Lipinski definition) is 1. The Kier molecular flexibility index (Phi) is 6.21. The van der Waals surface area contributed by atoms with Gasteiger partial charge in [-0.05, 0) is 41.2 Å². The summed E-state index contributed by atoms with van der Waals surface area (Å²) >= 11 is 6.29. The highest BCUT2D eigenvalue weighted by atomic mass is 35.5. The molecule has 3 aromatic rings. The molecule has 0 radical (unpaired) electrons. The van der Waals surface area contributed by atoms with E-state index in [0.717, 1.165) is 24.9 Å². The van der Waals surface area contributed by atoms with E-state index in [1.807, 2.05) is 12.3 Å². The first-order valence-corrected chi connectivity index (χ1v) is 9.08. The van der Waals surface area contributed by atoms with E-state index < -0.39 is 0 Å². The Bertz CT molecular complexity index is 815. The molecular formula is C22H23ClN2. The largest absolute Gasteiger partial charge is 0.308 e. The lowest BCUT2D eigenvalue weighted by Gasteiger charge is -2.11. The van der Waals surface area contributed by atoms with Gasteiger partial charge in [-0.25, -0.2) is 4.98 Å². The quantitative estimate of drug-likeness (QED) is 0.594. The fourth-order valence-electron chi connectivity index (χ4n) is 3.00. The van der Waals surface area contributed by atoms with Crippen LogP contribution in [0.4, 0.5) is 0 Å². The first-order valence-electron chi connectivity index (χ1n) is 8.71. The molecule has 1 heterocycles. The van der Waals surface area contributed by atoms with Crippen molar-refractivity contribution in [1.29, 1.82) is 0 Å². The van der Waals surface area contributed by atoms with Gasteiger partial charge in [0.15, 0.2) is 0 Å². The van der Waals surface area contributed by atoms with E-state index in [1.54, 1.807) is 0 Å². The molecule has 0 aliphatic heterocycles. The van der Waals surface area contributed by atoms with Gasteiger partial charge in [0, 0.05) is 24.8 Å². The first-order chi connectivity index (χ1) is 12.3. The number of halogens is 1. The molecule has 3 heteroatoms. The molecule has 0 aliphatic carbocycles. The fraction of sp³-hybridized carbons (Fsp3) is 0.227. The van der Waals surface area contributed by atoms with Gasteiger partial charge in [-0.2, -0.15) is 0 Å². The monoisotopic (exact) mass is 350 g/mol. The summed E-state index contributed by atoms with van der Waals surface area (Å²) in [5.41, 5.74) is 6.24. The van der Waals surface area contributed by atoms with Crippen molar-refractivity contribution in [2.75, 3.05) is 0 Å². The molecule has 3 rings (SSSR count). The van der Waals surface area contributed by atoms with Crippen molar-refractivity contribution in [1.82, 2.24) is 10.3 Å². The molecule has 0 aliphatic rings. The zero-order valence-corrected chi connectivity index (χ0v) is 15.3. The third kappa shape index (κ3) is 4.91. The number of aryl methyl sites for hydroxylation is 1. The summed E-state index contributed by atoms with van der Waals surface area (Å²) in [4.78, 5) is 4.36. The molecule has 25 heavy (non-hydrogen) atoms. The fourth-order valence-corrected chi connectivity index (χ4v) is 3.17. The Balaban J connectivity index is 1.65. The van der Waals surface area contributed by atoms with Gasteiger partial charge in [0.25, 0.3) is 0 Å². The lowest BCUT2D eigenvalue weighted by molar-refractivity contribution is 0.686. The van der Waals surface area contributed by atoms with Crippen LogP contribution in [0.25, 0.3) is 0 Å². The van der Waals surface area contributed by atoms with Crippen LogP contribution in [0.2, 0.25) is 5.15 Å². The van der Waals surface area contributed by atoms with Crippen LogP contribution in [0, 0.1) is 0 Å². The number of nitrogens with one attached hydrogen (secondary N) is 1. The van der Waals surface area contributed by atoms with Crippen LogP contribution in [0.15, 0.2) is 66.9 Å². The lowest BCUT2D eigenvalue weighted by Crippen LogP contribution is -2.14. The van der Waals surface area contributed by atoms with Crippen molar-refractivity contribution in [2.45, 2.75) is 32.9 Å². The van der Waals surface area contributed by atoms with Gasteiger partial charge in [0.05, 0.1) is 0 Å². The zero-order chi connectivity index (χ0) is 17.5. The van der Waals surface area contributed by atoms with Crippen molar-refractivity contribution in [3.05, 3.63) is 99.8 Å². The van der Waals surface area contributed by atoms with Crippen LogP contribution in [0.1, 0.15) is 34.7 Å². The first kappa shape index (κ1) is 17.7. The third-order valence-electron chi connectivity index (χ3n) is 4.35. The highest BCUT2D eigenvalue weighted by Gasteiger charge is 2.06. The Labute approximate surface area is 154 Å². The number of hydrogen-bond acceptors (Lipinski definition) is 2. The Morgan fingerprint density at radius 3 is 2.28 bits per heavy atom. The van der Waals surface area contributed by atoms with E-state index >= 15 is 0 Å².